The van der Waals surface area contributed by atoms with Crippen molar-refractivity contribution >= 4 is 16.6 Å². The van der Waals surface area contributed by atoms with Crippen LogP contribution < -0.4 is 5.32 Å². The zero-order chi connectivity index (χ0) is 11.5. The second kappa shape index (κ2) is 4.49. The summed E-state index contributed by atoms with van der Waals surface area (Å²) < 4.78 is 5.51. The Labute approximate surface area is 99.7 Å². The molecule has 0 saturated heterocycles. The molecule has 0 fully saturated rings. The predicted molar refractivity (Wildman–Crippen MR) is 67.8 cm³/mol. The number of ether oxygens (including phenoxy) is 1. The number of hydrogen-bond acceptors (Lipinski definition) is 3. The molecule has 1 aliphatic heterocycles. The summed E-state index contributed by atoms with van der Waals surface area (Å²) in [5.41, 5.74) is 2.15. The average Bonchev–Trinajstić information content (AvgIpc) is 2.85. The van der Waals surface area contributed by atoms with Gasteiger partial charge in [-0.3, -0.25) is 5.10 Å². The van der Waals surface area contributed by atoms with Crippen molar-refractivity contribution in [2.45, 2.75) is 18.9 Å². The van der Waals surface area contributed by atoms with Crippen LogP contribution in [0.2, 0.25) is 0 Å². The Balaban J connectivity index is 1.65. The van der Waals surface area contributed by atoms with Crippen molar-refractivity contribution in [2.24, 2.45) is 0 Å². The van der Waals surface area contributed by atoms with Gasteiger partial charge in [-0.25, -0.2) is 0 Å². The highest BCUT2D eigenvalue weighted by molar-refractivity contribution is 5.81. The van der Waals surface area contributed by atoms with Crippen LogP contribution in [-0.2, 0) is 4.74 Å². The third kappa shape index (κ3) is 2.25. The van der Waals surface area contributed by atoms with Gasteiger partial charge in [0.1, 0.15) is 6.10 Å². The van der Waals surface area contributed by atoms with Crippen LogP contribution in [0.5, 0.6) is 0 Å². The van der Waals surface area contributed by atoms with Crippen molar-refractivity contribution in [2.75, 3.05) is 11.9 Å². The van der Waals surface area contributed by atoms with E-state index in [2.05, 4.69) is 39.8 Å². The number of rotatable bonds is 3. The number of benzene rings is 1. The molecule has 1 aromatic heterocycles. The van der Waals surface area contributed by atoms with Gasteiger partial charge in [-0.2, -0.15) is 5.10 Å². The van der Waals surface area contributed by atoms with Crippen LogP contribution >= 0.6 is 0 Å². The predicted octanol–water partition coefficient (Wildman–Crippen LogP) is 2.67. The molecule has 1 atom stereocenters. The quantitative estimate of drug-likeness (QED) is 0.850. The van der Waals surface area contributed by atoms with E-state index in [1.54, 1.807) is 6.26 Å². The standard InChI is InChI=1S/C13H15N3O/c1-2-6-17-12(3-1)9-14-11-5-4-10-8-15-16-13(10)7-11/h2,4-8,12,14H,1,3,9H2,(H,15,16). The lowest BCUT2D eigenvalue weighted by molar-refractivity contribution is 0.135. The molecule has 1 aliphatic rings. The van der Waals surface area contributed by atoms with E-state index in [0.29, 0.717) is 0 Å². The fourth-order valence-corrected chi connectivity index (χ4v) is 2.01. The maximum atomic E-state index is 5.51. The first kappa shape index (κ1) is 10.2. The van der Waals surface area contributed by atoms with Crippen LogP contribution in [-0.4, -0.2) is 22.8 Å². The van der Waals surface area contributed by atoms with Crippen LogP contribution in [0.1, 0.15) is 12.8 Å². The van der Waals surface area contributed by atoms with Crippen LogP contribution in [0.25, 0.3) is 10.9 Å². The maximum Gasteiger partial charge on any atom is 0.115 e. The van der Waals surface area contributed by atoms with Gasteiger partial charge in [-0.05, 0) is 37.1 Å². The minimum Gasteiger partial charge on any atom is -0.497 e. The number of aromatic nitrogens is 2. The number of nitrogens with zero attached hydrogens (tertiary/aromatic N) is 1. The molecule has 1 aromatic carbocycles. The third-order valence-electron chi connectivity index (χ3n) is 3.00. The molecule has 0 saturated carbocycles. The van der Waals surface area contributed by atoms with Gasteiger partial charge in [0.05, 0.1) is 24.5 Å². The molecule has 4 heteroatoms. The second-order valence-electron chi connectivity index (χ2n) is 4.26. The maximum absolute atomic E-state index is 5.51. The molecule has 1 unspecified atom stereocenters. The van der Waals surface area contributed by atoms with Crippen LogP contribution in [0.4, 0.5) is 5.69 Å². The van der Waals surface area contributed by atoms with Gasteiger partial charge < -0.3 is 10.1 Å². The number of allylic oxidation sites excluding steroid dienone is 1. The normalized spacial score (nSPS) is 19.2. The number of aromatic amines is 1. The molecular formula is C13H15N3O. The molecule has 88 valence electrons. The van der Waals surface area contributed by atoms with Gasteiger partial charge in [0.2, 0.25) is 0 Å². The molecule has 3 rings (SSSR count). The highest BCUT2D eigenvalue weighted by Gasteiger charge is 2.10. The smallest absolute Gasteiger partial charge is 0.115 e. The van der Waals surface area contributed by atoms with Crippen molar-refractivity contribution in [1.82, 2.24) is 10.2 Å². The summed E-state index contributed by atoms with van der Waals surface area (Å²) in [5.74, 6) is 0. The summed E-state index contributed by atoms with van der Waals surface area (Å²) in [6.07, 6.45) is 8.15. The first-order valence-corrected chi connectivity index (χ1v) is 5.89. The lowest BCUT2D eigenvalue weighted by atomic mass is 10.1. The molecule has 0 radical (unpaired) electrons. The fourth-order valence-electron chi connectivity index (χ4n) is 2.01. The molecule has 17 heavy (non-hydrogen) atoms. The minimum atomic E-state index is 0.275. The minimum absolute atomic E-state index is 0.275. The Kier molecular flexibility index (Phi) is 2.69. The van der Waals surface area contributed by atoms with Crippen molar-refractivity contribution in [1.29, 1.82) is 0 Å². The van der Waals surface area contributed by atoms with E-state index >= 15 is 0 Å². The van der Waals surface area contributed by atoms with Gasteiger partial charge in [0.25, 0.3) is 0 Å². The number of hydrogen-bond donors (Lipinski definition) is 2. The summed E-state index contributed by atoms with van der Waals surface area (Å²) in [6, 6.07) is 6.19. The summed E-state index contributed by atoms with van der Waals surface area (Å²) in [4.78, 5) is 0. The topological polar surface area (TPSA) is 49.9 Å². The molecule has 0 spiro atoms. The summed E-state index contributed by atoms with van der Waals surface area (Å²) in [7, 11) is 0. The van der Waals surface area contributed by atoms with E-state index in [-0.39, 0.29) is 6.10 Å². The summed E-state index contributed by atoms with van der Waals surface area (Å²) in [6.45, 7) is 0.837. The molecular weight excluding hydrogens is 214 g/mol. The monoisotopic (exact) mass is 229 g/mol. The molecule has 4 nitrogen and oxygen atoms in total. The molecule has 2 N–H and O–H groups in total. The van der Waals surface area contributed by atoms with Crippen molar-refractivity contribution in [3.63, 3.8) is 0 Å². The lowest BCUT2D eigenvalue weighted by Gasteiger charge is -2.20. The number of H-pyrrole nitrogens is 1. The van der Waals surface area contributed by atoms with Crippen LogP contribution in [0.3, 0.4) is 0 Å². The molecule has 0 aliphatic carbocycles. The number of anilines is 1. The average molecular weight is 229 g/mol. The zero-order valence-corrected chi connectivity index (χ0v) is 9.52. The molecule has 0 bridgehead atoms. The third-order valence-corrected chi connectivity index (χ3v) is 3.00. The Morgan fingerprint density at radius 3 is 3.35 bits per heavy atom. The first-order valence-electron chi connectivity index (χ1n) is 5.89. The van der Waals surface area contributed by atoms with Gasteiger partial charge in [0, 0.05) is 11.1 Å². The molecule has 2 aromatic rings. The zero-order valence-electron chi connectivity index (χ0n) is 9.52. The number of fused-ring (bicyclic) bond motifs is 1. The van der Waals surface area contributed by atoms with E-state index in [9.17, 15) is 0 Å². The van der Waals surface area contributed by atoms with Gasteiger partial charge in [-0.1, -0.05) is 0 Å². The van der Waals surface area contributed by atoms with Gasteiger partial charge in [0.15, 0.2) is 0 Å². The SMILES string of the molecule is C1=COC(CNc2ccc3cn[nH]c3c2)CC1. The Hall–Kier alpha value is -1.97. The largest absolute Gasteiger partial charge is 0.497 e. The van der Waals surface area contributed by atoms with Gasteiger partial charge in [-0.15, -0.1) is 0 Å². The number of nitrogens with one attached hydrogen (secondary N) is 2. The Morgan fingerprint density at radius 1 is 1.47 bits per heavy atom. The Bertz CT molecular complexity index is 532. The van der Waals surface area contributed by atoms with E-state index < -0.39 is 0 Å². The Morgan fingerprint density at radius 2 is 2.47 bits per heavy atom. The summed E-state index contributed by atoms with van der Waals surface area (Å²) in [5, 5.41) is 11.5. The van der Waals surface area contributed by atoms with E-state index in [4.69, 9.17) is 4.74 Å². The van der Waals surface area contributed by atoms with Crippen molar-refractivity contribution < 1.29 is 4.74 Å². The fraction of sp³-hybridized carbons (Fsp3) is 0.308. The molecule has 2 heterocycles. The van der Waals surface area contributed by atoms with E-state index in [1.807, 2.05) is 6.20 Å². The first-order chi connectivity index (χ1) is 8.42. The van der Waals surface area contributed by atoms with E-state index in [0.717, 1.165) is 36.0 Å². The van der Waals surface area contributed by atoms with Crippen LogP contribution in [0, 0.1) is 0 Å². The second-order valence-corrected chi connectivity index (χ2v) is 4.26. The van der Waals surface area contributed by atoms with Crippen LogP contribution in [0.15, 0.2) is 36.7 Å². The van der Waals surface area contributed by atoms with Crippen molar-refractivity contribution in [3.8, 4) is 0 Å². The van der Waals surface area contributed by atoms with Gasteiger partial charge >= 0.3 is 0 Å². The summed E-state index contributed by atoms with van der Waals surface area (Å²) >= 11 is 0. The van der Waals surface area contributed by atoms with E-state index in [1.165, 1.54) is 0 Å². The lowest BCUT2D eigenvalue weighted by Crippen LogP contribution is -2.22. The van der Waals surface area contributed by atoms with Crippen molar-refractivity contribution in [3.05, 3.63) is 36.7 Å². The highest BCUT2D eigenvalue weighted by Crippen LogP contribution is 2.17. The molecule has 0 amide bonds. The highest BCUT2D eigenvalue weighted by atomic mass is 16.5.